The minimum atomic E-state index is -0.860. The largest absolute Gasteiger partial charge is 0.383 e. The van der Waals surface area contributed by atoms with E-state index in [1.54, 1.807) is 14.2 Å². The van der Waals surface area contributed by atoms with Gasteiger partial charge in [0.1, 0.15) is 0 Å². The molecule has 2 unspecified atom stereocenters. The molecule has 0 aromatic rings. The van der Waals surface area contributed by atoms with Gasteiger partial charge in [-0.1, -0.05) is 0 Å². The third kappa shape index (κ3) is 4.72. The van der Waals surface area contributed by atoms with Crippen LogP contribution in [0.4, 0.5) is 0 Å². The lowest BCUT2D eigenvalue weighted by atomic mass is 9.78. The van der Waals surface area contributed by atoms with Gasteiger partial charge in [0.15, 0.2) is 0 Å². The van der Waals surface area contributed by atoms with Crippen LogP contribution in [-0.2, 0) is 14.3 Å². The minimum Gasteiger partial charge on any atom is -0.383 e. The zero-order valence-electron chi connectivity index (χ0n) is 12.1. The molecule has 0 aliphatic heterocycles. The molecule has 0 radical (unpaired) electrons. The van der Waals surface area contributed by atoms with E-state index in [0.717, 1.165) is 25.9 Å². The number of carbonyl (C=O) groups excluding carboxylic acids is 1. The molecule has 1 aliphatic rings. The highest BCUT2D eigenvalue weighted by Crippen LogP contribution is 2.29. The van der Waals surface area contributed by atoms with Crippen LogP contribution in [0.3, 0.4) is 0 Å². The summed E-state index contributed by atoms with van der Waals surface area (Å²) >= 11 is 0. The second-order valence-electron chi connectivity index (χ2n) is 5.29. The number of hydrogen-bond donors (Lipinski definition) is 2. The van der Waals surface area contributed by atoms with Gasteiger partial charge in [-0.2, -0.15) is 0 Å². The quantitative estimate of drug-likeness (QED) is 0.634. The van der Waals surface area contributed by atoms with E-state index in [1.807, 2.05) is 0 Å². The predicted molar refractivity (Wildman–Crippen MR) is 73.7 cm³/mol. The van der Waals surface area contributed by atoms with Gasteiger partial charge in [0.2, 0.25) is 5.91 Å². The standard InChI is InChI=1S/C13H27N3O3/c1-18-8-6-16(7-9-19-2)11-4-3-5-13(15,10-11)12(14)17/h11H,3-10,15H2,1-2H3,(H2,14,17). The van der Waals surface area contributed by atoms with Gasteiger partial charge in [0.25, 0.3) is 0 Å². The summed E-state index contributed by atoms with van der Waals surface area (Å²) in [7, 11) is 3.37. The molecular weight excluding hydrogens is 246 g/mol. The third-order valence-corrected chi connectivity index (χ3v) is 3.93. The van der Waals surface area contributed by atoms with Gasteiger partial charge in [-0.15, -0.1) is 0 Å². The summed E-state index contributed by atoms with van der Waals surface area (Å²) in [4.78, 5) is 13.8. The molecule has 0 bridgehead atoms. The van der Waals surface area contributed by atoms with Crippen LogP contribution in [0.15, 0.2) is 0 Å². The SMILES string of the molecule is COCCN(CCOC)C1CCCC(N)(C(N)=O)C1. The Morgan fingerprint density at radius 2 is 1.89 bits per heavy atom. The molecule has 1 fully saturated rings. The molecule has 1 saturated carbocycles. The summed E-state index contributed by atoms with van der Waals surface area (Å²) in [6, 6.07) is 0.275. The molecule has 2 atom stereocenters. The van der Waals surface area contributed by atoms with Crippen LogP contribution in [-0.4, -0.2) is 62.9 Å². The number of rotatable bonds is 8. The van der Waals surface area contributed by atoms with E-state index in [0.29, 0.717) is 26.1 Å². The molecule has 6 heteroatoms. The van der Waals surface area contributed by atoms with Crippen LogP contribution in [0, 0.1) is 0 Å². The van der Waals surface area contributed by atoms with Gasteiger partial charge >= 0.3 is 0 Å². The predicted octanol–water partition coefficient (Wildman–Crippen LogP) is -0.293. The van der Waals surface area contributed by atoms with Crippen LogP contribution >= 0.6 is 0 Å². The first-order chi connectivity index (χ1) is 9.03. The highest BCUT2D eigenvalue weighted by atomic mass is 16.5. The molecule has 19 heavy (non-hydrogen) atoms. The van der Waals surface area contributed by atoms with Gasteiger partial charge < -0.3 is 20.9 Å². The first kappa shape index (κ1) is 16.4. The molecular formula is C13H27N3O3. The van der Waals surface area contributed by atoms with E-state index >= 15 is 0 Å². The Bertz CT molecular complexity index is 280. The molecule has 1 rings (SSSR count). The fourth-order valence-corrected chi connectivity index (χ4v) is 2.71. The molecule has 1 amide bonds. The van der Waals surface area contributed by atoms with Gasteiger partial charge in [0, 0.05) is 33.4 Å². The van der Waals surface area contributed by atoms with Crippen molar-refractivity contribution in [3.63, 3.8) is 0 Å². The van der Waals surface area contributed by atoms with E-state index in [4.69, 9.17) is 20.9 Å². The van der Waals surface area contributed by atoms with E-state index in [9.17, 15) is 4.79 Å². The zero-order chi connectivity index (χ0) is 14.3. The Morgan fingerprint density at radius 1 is 1.32 bits per heavy atom. The summed E-state index contributed by atoms with van der Waals surface area (Å²) in [5, 5.41) is 0. The number of amides is 1. The number of ether oxygens (including phenoxy) is 2. The van der Waals surface area contributed by atoms with E-state index in [-0.39, 0.29) is 6.04 Å². The van der Waals surface area contributed by atoms with Crippen molar-refractivity contribution in [1.29, 1.82) is 0 Å². The zero-order valence-corrected chi connectivity index (χ0v) is 12.1. The second-order valence-corrected chi connectivity index (χ2v) is 5.29. The number of hydrogen-bond acceptors (Lipinski definition) is 5. The molecule has 0 heterocycles. The van der Waals surface area contributed by atoms with E-state index in [1.165, 1.54) is 0 Å². The fourth-order valence-electron chi connectivity index (χ4n) is 2.71. The maximum atomic E-state index is 11.5. The van der Waals surface area contributed by atoms with Crippen molar-refractivity contribution in [2.75, 3.05) is 40.5 Å². The van der Waals surface area contributed by atoms with Crippen molar-refractivity contribution in [1.82, 2.24) is 4.90 Å². The summed E-state index contributed by atoms with van der Waals surface area (Å²) in [6.07, 6.45) is 3.28. The lowest BCUT2D eigenvalue weighted by molar-refractivity contribution is -0.125. The van der Waals surface area contributed by atoms with Gasteiger partial charge in [-0.05, 0) is 25.7 Å². The lowest BCUT2D eigenvalue weighted by Gasteiger charge is -2.41. The maximum Gasteiger partial charge on any atom is 0.237 e. The molecule has 0 spiro atoms. The lowest BCUT2D eigenvalue weighted by Crippen LogP contribution is -2.58. The van der Waals surface area contributed by atoms with Crippen LogP contribution in [0.5, 0.6) is 0 Å². The summed E-state index contributed by atoms with van der Waals surface area (Å²) in [6.45, 7) is 2.96. The van der Waals surface area contributed by atoms with Gasteiger partial charge in [-0.25, -0.2) is 0 Å². The van der Waals surface area contributed by atoms with E-state index < -0.39 is 11.4 Å². The average Bonchev–Trinajstić information content (AvgIpc) is 2.39. The molecule has 0 aromatic carbocycles. The molecule has 112 valence electrons. The first-order valence-corrected chi connectivity index (χ1v) is 6.84. The summed E-state index contributed by atoms with van der Waals surface area (Å²) in [5.74, 6) is -0.393. The Balaban J connectivity index is 2.63. The molecule has 1 aliphatic carbocycles. The molecule has 0 aromatic heterocycles. The van der Waals surface area contributed by atoms with Crippen molar-refractivity contribution in [2.24, 2.45) is 11.5 Å². The van der Waals surface area contributed by atoms with E-state index in [2.05, 4.69) is 4.90 Å². The second kappa shape index (κ2) is 7.79. The number of nitrogens with zero attached hydrogens (tertiary/aromatic N) is 1. The smallest absolute Gasteiger partial charge is 0.237 e. The van der Waals surface area contributed by atoms with Crippen molar-refractivity contribution in [2.45, 2.75) is 37.3 Å². The topological polar surface area (TPSA) is 90.8 Å². The van der Waals surface area contributed by atoms with Crippen molar-refractivity contribution in [3.05, 3.63) is 0 Å². The van der Waals surface area contributed by atoms with Crippen LogP contribution in [0.1, 0.15) is 25.7 Å². The van der Waals surface area contributed by atoms with Crippen LogP contribution in [0.25, 0.3) is 0 Å². The number of methoxy groups -OCH3 is 2. The Kier molecular flexibility index (Phi) is 6.71. The van der Waals surface area contributed by atoms with Crippen LogP contribution in [0.2, 0.25) is 0 Å². The summed E-state index contributed by atoms with van der Waals surface area (Å²) in [5.41, 5.74) is 10.7. The number of carbonyl (C=O) groups is 1. The molecule has 4 N–H and O–H groups in total. The average molecular weight is 273 g/mol. The Labute approximate surface area is 115 Å². The van der Waals surface area contributed by atoms with Gasteiger partial charge in [0.05, 0.1) is 18.8 Å². The first-order valence-electron chi connectivity index (χ1n) is 6.84. The maximum absolute atomic E-state index is 11.5. The van der Waals surface area contributed by atoms with Crippen molar-refractivity contribution in [3.8, 4) is 0 Å². The molecule has 0 saturated heterocycles. The fraction of sp³-hybridized carbons (Fsp3) is 0.923. The third-order valence-electron chi connectivity index (χ3n) is 3.93. The monoisotopic (exact) mass is 273 g/mol. The highest BCUT2D eigenvalue weighted by Gasteiger charge is 2.39. The highest BCUT2D eigenvalue weighted by molar-refractivity contribution is 5.84. The molecule has 6 nitrogen and oxygen atoms in total. The number of primary amides is 1. The van der Waals surface area contributed by atoms with Crippen molar-refractivity contribution < 1.29 is 14.3 Å². The minimum absolute atomic E-state index is 0.275. The Hall–Kier alpha value is -0.690. The Morgan fingerprint density at radius 3 is 2.37 bits per heavy atom. The van der Waals surface area contributed by atoms with Crippen molar-refractivity contribution >= 4 is 5.91 Å². The van der Waals surface area contributed by atoms with Gasteiger partial charge in [-0.3, -0.25) is 9.69 Å². The number of nitrogens with two attached hydrogens (primary N) is 2. The summed E-state index contributed by atoms with van der Waals surface area (Å²) < 4.78 is 10.3. The van der Waals surface area contributed by atoms with Crippen LogP contribution < -0.4 is 11.5 Å². The normalized spacial score (nSPS) is 27.7.